The van der Waals surface area contributed by atoms with Crippen molar-refractivity contribution in [3.63, 3.8) is 0 Å². The molecule has 1 aliphatic rings. The predicted octanol–water partition coefficient (Wildman–Crippen LogP) is 7.47. The minimum absolute atomic E-state index is 0.674. The second kappa shape index (κ2) is 9.86. The largest absolute Gasteiger partial charge is 0.380 e. The van der Waals surface area contributed by atoms with Gasteiger partial charge in [0.15, 0.2) is 0 Å². The average molecular weight is 435 g/mol. The molecule has 0 saturated heterocycles. The van der Waals surface area contributed by atoms with Crippen LogP contribution in [0.2, 0.25) is 0 Å². The standard InChI is InChI=1S/C18H18O.C8H9Br/c1-13-10-16-4-3-5-17(18(16)11-13)15-8-6-14(7-9-15)12-19-2;1-2-7-3-5-8(9)6-4-7/h3-10H,11-12H2,1-2H3;3-6H,2H2,1H3. The summed E-state index contributed by atoms with van der Waals surface area (Å²) in [5.41, 5.74) is 9.52. The summed E-state index contributed by atoms with van der Waals surface area (Å²) in [6.45, 7) is 5.03. The van der Waals surface area contributed by atoms with Gasteiger partial charge in [-0.25, -0.2) is 0 Å². The quantitative estimate of drug-likeness (QED) is 0.413. The summed E-state index contributed by atoms with van der Waals surface area (Å²) in [5.74, 6) is 0. The lowest BCUT2D eigenvalue weighted by atomic mass is 9.95. The van der Waals surface area contributed by atoms with E-state index < -0.39 is 0 Å². The molecule has 0 saturated carbocycles. The normalized spacial score (nSPS) is 12.1. The first-order valence-corrected chi connectivity index (χ1v) is 10.5. The van der Waals surface area contributed by atoms with Gasteiger partial charge < -0.3 is 4.74 Å². The molecule has 3 aromatic carbocycles. The van der Waals surface area contributed by atoms with Crippen molar-refractivity contribution in [3.8, 4) is 11.1 Å². The van der Waals surface area contributed by atoms with Gasteiger partial charge >= 0.3 is 0 Å². The zero-order valence-electron chi connectivity index (χ0n) is 16.8. The predicted molar refractivity (Wildman–Crippen MR) is 123 cm³/mol. The summed E-state index contributed by atoms with van der Waals surface area (Å²) in [6.07, 6.45) is 4.48. The Morgan fingerprint density at radius 3 is 2.21 bits per heavy atom. The molecule has 1 nitrogen and oxygen atoms in total. The molecular weight excluding hydrogens is 408 g/mol. The number of ether oxygens (including phenoxy) is 1. The number of benzene rings is 3. The number of methoxy groups -OCH3 is 1. The minimum atomic E-state index is 0.674. The second-order valence-corrected chi connectivity index (χ2v) is 8.07. The first-order chi connectivity index (χ1) is 13.6. The molecule has 2 heteroatoms. The van der Waals surface area contributed by atoms with E-state index >= 15 is 0 Å². The molecular formula is C26H27BrO. The number of halogens is 1. The van der Waals surface area contributed by atoms with E-state index in [0.29, 0.717) is 6.61 Å². The van der Waals surface area contributed by atoms with Crippen LogP contribution in [0.4, 0.5) is 0 Å². The Morgan fingerprint density at radius 2 is 1.57 bits per heavy atom. The topological polar surface area (TPSA) is 9.23 Å². The molecule has 0 unspecified atom stereocenters. The molecule has 0 aliphatic heterocycles. The highest BCUT2D eigenvalue weighted by Crippen LogP contribution is 2.33. The van der Waals surface area contributed by atoms with E-state index in [-0.39, 0.29) is 0 Å². The zero-order valence-corrected chi connectivity index (χ0v) is 18.4. The van der Waals surface area contributed by atoms with Gasteiger partial charge in [0.05, 0.1) is 6.61 Å². The van der Waals surface area contributed by atoms with Crippen molar-refractivity contribution >= 4 is 22.0 Å². The molecule has 0 heterocycles. The van der Waals surface area contributed by atoms with Crippen molar-refractivity contribution in [2.45, 2.75) is 33.3 Å². The zero-order chi connectivity index (χ0) is 19.9. The maximum Gasteiger partial charge on any atom is 0.0713 e. The van der Waals surface area contributed by atoms with Crippen LogP contribution in [0.25, 0.3) is 17.2 Å². The number of rotatable bonds is 4. The minimum Gasteiger partial charge on any atom is -0.380 e. The third-order valence-corrected chi connectivity index (χ3v) is 5.50. The summed E-state index contributed by atoms with van der Waals surface area (Å²) in [4.78, 5) is 0. The third kappa shape index (κ3) is 5.21. The molecule has 3 aromatic rings. The molecule has 0 bridgehead atoms. The van der Waals surface area contributed by atoms with Crippen LogP contribution in [0, 0.1) is 0 Å². The van der Waals surface area contributed by atoms with Crippen molar-refractivity contribution in [2.24, 2.45) is 0 Å². The van der Waals surface area contributed by atoms with E-state index in [1.807, 2.05) is 0 Å². The third-order valence-electron chi connectivity index (χ3n) is 4.97. The Balaban J connectivity index is 0.000000211. The monoisotopic (exact) mass is 434 g/mol. The lowest BCUT2D eigenvalue weighted by Crippen LogP contribution is -1.91. The van der Waals surface area contributed by atoms with Gasteiger partial charge in [0.1, 0.15) is 0 Å². The fourth-order valence-electron chi connectivity index (χ4n) is 3.47. The number of hydrogen-bond donors (Lipinski definition) is 0. The van der Waals surface area contributed by atoms with Crippen LogP contribution in [0.5, 0.6) is 0 Å². The highest BCUT2D eigenvalue weighted by Gasteiger charge is 2.14. The van der Waals surface area contributed by atoms with E-state index in [1.54, 1.807) is 7.11 Å². The first kappa shape index (κ1) is 20.6. The smallest absolute Gasteiger partial charge is 0.0713 e. The highest BCUT2D eigenvalue weighted by atomic mass is 79.9. The van der Waals surface area contributed by atoms with Gasteiger partial charge in [-0.3, -0.25) is 0 Å². The Labute approximate surface area is 177 Å². The van der Waals surface area contributed by atoms with Gasteiger partial charge in [-0.05, 0) is 65.3 Å². The first-order valence-electron chi connectivity index (χ1n) is 9.72. The number of aryl methyl sites for hydroxylation is 1. The Kier molecular flexibility index (Phi) is 7.24. The Morgan fingerprint density at radius 1 is 0.893 bits per heavy atom. The average Bonchev–Trinajstić information content (AvgIpc) is 3.10. The van der Waals surface area contributed by atoms with Crippen molar-refractivity contribution in [1.82, 2.24) is 0 Å². The molecule has 0 aromatic heterocycles. The fourth-order valence-corrected chi connectivity index (χ4v) is 3.73. The van der Waals surface area contributed by atoms with Crippen molar-refractivity contribution < 1.29 is 4.74 Å². The van der Waals surface area contributed by atoms with Crippen molar-refractivity contribution in [1.29, 1.82) is 0 Å². The molecule has 4 rings (SSSR count). The van der Waals surface area contributed by atoms with Gasteiger partial charge in [-0.15, -0.1) is 0 Å². The van der Waals surface area contributed by atoms with Gasteiger partial charge in [-0.1, -0.05) is 89.1 Å². The van der Waals surface area contributed by atoms with Gasteiger partial charge in [0.2, 0.25) is 0 Å². The van der Waals surface area contributed by atoms with Gasteiger partial charge in [-0.2, -0.15) is 0 Å². The fraction of sp³-hybridized carbons (Fsp3) is 0.231. The second-order valence-electron chi connectivity index (χ2n) is 7.15. The molecule has 0 atom stereocenters. The summed E-state index contributed by atoms with van der Waals surface area (Å²) in [6, 6.07) is 23.6. The SMILES string of the molecule is CCc1ccc(Br)cc1.COCc1ccc(-c2cccc3c2CC(C)=C3)cc1. The summed E-state index contributed by atoms with van der Waals surface area (Å²) >= 11 is 3.37. The van der Waals surface area contributed by atoms with E-state index in [1.165, 1.54) is 39.0 Å². The number of allylic oxidation sites excluding steroid dienone is 1. The molecule has 28 heavy (non-hydrogen) atoms. The maximum absolute atomic E-state index is 5.15. The van der Waals surface area contributed by atoms with E-state index in [2.05, 4.69) is 103 Å². The molecule has 144 valence electrons. The van der Waals surface area contributed by atoms with E-state index in [4.69, 9.17) is 4.74 Å². The van der Waals surface area contributed by atoms with Crippen LogP contribution in [-0.2, 0) is 24.2 Å². The van der Waals surface area contributed by atoms with Crippen molar-refractivity contribution in [2.75, 3.05) is 7.11 Å². The Bertz CT molecular complexity index is 937. The molecule has 1 aliphatic carbocycles. The molecule has 0 N–H and O–H groups in total. The lowest BCUT2D eigenvalue weighted by Gasteiger charge is -2.09. The summed E-state index contributed by atoms with van der Waals surface area (Å²) < 4.78 is 6.31. The molecule has 0 fully saturated rings. The van der Waals surface area contributed by atoms with Crippen LogP contribution < -0.4 is 0 Å². The Hall–Kier alpha value is -2.16. The van der Waals surface area contributed by atoms with E-state index in [9.17, 15) is 0 Å². The molecule has 0 radical (unpaired) electrons. The van der Waals surface area contributed by atoms with Crippen LogP contribution >= 0.6 is 15.9 Å². The number of fused-ring (bicyclic) bond motifs is 1. The van der Waals surface area contributed by atoms with Crippen LogP contribution in [-0.4, -0.2) is 7.11 Å². The van der Waals surface area contributed by atoms with Crippen LogP contribution in [0.3, 0.4) is 0 Å². The van der Waals surface area contributed by atoms with Crippen LogP contribution in [0.15, 0.2) is 76.8 Å². The van der Waals surface area contributed by atoms with E-state index in [0.717, 1.165) is 17.3 Å². The van der Waals surface area contributed by atoms with Crippen molar-refractivity contribution in [3.05, 3.63) is 99.0 Å². The van der Waals surface area contributed by atoms with Gasteiger partial charge in [0, 0.05) is 11.6 Å². The summed E-state index contributed by atoms with van der Waals surface area (Å²) in [7, 11) is 1.73. The maximum atomic E-state index is 5.15. The summed E-state index contributed by atoms with van der Waals surface area (Å²) in [5, 5.41) is 0. The van der Waals surface area contributed by atoms with Crippen LogP contribution in [0.1, 0.15) is 36.1 Å². The van der Waals surface area contributed by atoms with Gasteiger partial charge in [0.25, 0.3) is 0 Å². The highest BCUT2D eigenvalue weighted by molar-refractivity contribution is 9.10. The number of hydrogen-bond acceptors (Lipinski definition) is 1. The molecule has 0 spiro atoms. The molecule has 0 amide bonds. The lowest BCUT2D eigenvalue weighted by molar-refractivity contribution is 0.185.